The first kappa shape index (κ1) is 14.6. The van der Waals surface area contributed by atoms with Crippen molar-refractivity contribution < 1.29 is 26.3 Å². The number of nitrogen functional groups attached to an aromatic ring is 1. The van der Waals surface area contributed by atoms with Gasteiger partial charge in [-0.1, -0.05) is 0 Å². The number of nitrogens with zero attached hydrogens (tertiary/aromatic N) is 1. The summed E-state index contributed by atoms with van der Waals surface area (Å²) in [5, 5.41) is 0. The molecule has 0 aliphatic carbocycles. The van der Waals surface area contributed by atoms with E-state index < -0.39 is 38.4 Å². The number of anilines is 1. The molecule has 1 rings (SSSR count). The Labute approximate surface area is 107 Å². The summed E-state index contributed by atoms with van der Waals surface area (Å²) in [4.78, 5) is 2.55. The van der Waals surface area contributed by atoms with Gasteiger partial charge < -0.3 is 5.73 Å². The SMILES string of the molecule is Nc1c(Br)c(C(F)(F)F)nc(C(F)(F)F)c1Br. The molecule has 0 radical (unpaired) electrons. The molecule has 0 aliphatic rings. The van der Waals surface area contributed by atoms with Crippen LogP contribution in [-0.2, 0) is 12.4 Å². The largest absolute Gasteiger partial charge is 0.434 e. The van der Waals surface area contributed by atoms with Crippen LogP contribution in [0.2, 0.25) is 0 Å². The Bertz CT molecular complexity index is 415. The van der Waals surface area contributed by atoms with Crippen LogP contribution in [0.25, 0.3) is 0 Å². The lowest BCUT2D eigenvalue weighted by molar-refractivity contribution is -0.150. The van der Waals surface area contributed by atoms with E-state index in [1.54, 1.807) is 0 Å². The van der Waals surface area contributed by atoms with E-state index in [-0.39, 0.29) is 0 Å². The molecule has 0 saturated carbocycles. The van der Waals surface area contributed by atoms with Crippen molar-refractivity contribution in [3.63, 3.8) is 0 Å². The molecule has 0 spiro atoms. The summed E-state index contributed by atoms with van der Waals surface area (Å²) in [6.45, 7) is 0. The number of alkyl halides is 6. The zero-order chi connectivity index (χ0) is 13.6. The van der Waals surface area contributed by atoms with E-state index in [1.165, 1.54) is 0 Å². The van der Waals surface area contributed by atoms with Gasteiger partial charge in [0.1, 0.15) is 0 Å². The lowest BCUT2D eigenvalue weighted by atomic mass is 10.2. The number of aromatic nitrogens is 1. The molecule has 96 valence electrons. The van der Waals surface area contributed by atoms with Crippen molar-refractivity contribution in [2.24, 2.45) is 0 Å². The average Bonchev–Trinajstić information content (AvgIpc) is 2.10. The summed E-state index contributed by atoms with van der Waals surface area (Å²) in [5.41, 5.74) is 1.00. The Balaban J connectivity index is 3.63. The van der Waals surface area contributed by atoms with Gasteiger partial charge >= 0.3 is 12.4 Å². The molecule has 10 heteroatoms. The lowest BCUT2D eigenvalue weighted by Crippen LogP contribution is -2.18. The fourth-order valence-electron chi connectivity index (χ4n) is 0.937. The number of hydrogen-bond donors (Lipinski definition) is 1. The quantitative estimate of drug-likeness (QED) is 0.677. The molecule has 2 N–H and O–H groups in total. The van der Waals surface area contributed by atoms with E-state index in [1.807, 2.05) is 0 Å². The first-order valence-corrected chi connectivity index (χ1v) is 5.33. The molecule has 17 heavy (non-hydrogen) atoms. The van der Waals surface area contributed by atoms with Gasteiger partial charge in [0.25, 0.3) is 0 Å². The van der Waals surface area contributed by atoms with Crippen LogP contribution in [0.3, 0.4) is 0 Å². The highest BCUT2D eigenvalue weighted by atomic mass is 79.9. The fourth-order valence-corrected chi connectivity index (χ4v) is 2.23. The Morgan fingerprint density at radius 3 is 1.35 bits per heavy atom. The molecule has 1 aromatic heterocycles. The highest BCUT2D eigenvalue weighted by Gasteiger charge is 2.42. The minimum Gasteiger partial charge on any atom is -0.397 e. The summed E-state index contributed by atoms with van der Waals surface area (Å²) < 4.78 is 72.9. The van der Waals surface area contributed by atoms with Crippen molar-refractivity contribution in [2.75, 3.05) is 5.73 Å². The smallest absolute Gasteiger partial charge is 0.397 e. The summed E-state index contributed by atoms with van der Waals surface area (Å²) in [6, 6.07) is 0. The predicted molar refractivity (Wildman–Crippen MR) is 54.1 cm³/mol. The molecule has 0 unspecified atom stereocenters. The van der Waals surface area contributed by atoms with E-state index in [0.717, 1.165) is 0 Å². The number of halogens is 8. The van der Waals surface area contributed by atoms with Gasteiger partial charge in [-0.2, -0.15) is 26.3 Å². The number of rotatable bonds is 0. The summed E-state index contributed by atoms with van der Waals surface area (Å²) in [7, 11) is 0. The molecular formula is C7H2Br2F6N2. The van der Waals surface area contributed by atoms with E-state index >= 15 is 0 Å². The molecule has 1 aromatic rings. The first-order chi connectivity index (χ1) is 7.46. The summed E-state index contributed by atoms with van der Waals surface area (Å²) in [6.07, 6.45) is -10.1. The third-order valence-corrected chi connectivity index (χ3v) is 3.25. The Morgan fingerprint density at radius 1 is 0.824 bits per heavy atom. The molecule has 0 aliphatic heterocycles. The first-order valence-electron chi connectivity index (χ1n) is 3.75. The standard InChI is InChI=1S/C7H2Br2F6N2/c8-1-3(16)2(9)5(7(13,14)15)17-4(1)6(10,11)12/h(H2,16,17). The maximum Gasteiger partial charge on any atom is 0.434 e. The Morgan fingerprint density at radius 2 is 1.12 bits per heavy atom. The number of pyridine rings is 1. The molecule has 0 amide bonds. The minimum absolute atomic E-state index is 0.709. The number of hydrogen-bond acceptors (Lipinski definition) is 2. The van der Waals surface area contributed by atoms with Crippen LogP contribution >= 0.6 is 31.9 Å². The van der Waals surface area contributed by atoms with Crippen LogP contribution in [0, 0.1) is 0 Å². The molecule has 0 saturated heterocycles. The highest BCUT2D eigenvalue weighted by Crippen LogP contribution is 2.44. The van der Waals surface area contributed by atoms with Crippen LogP contribution < -0.4 is 5.73 Å². The van der Waals surface area contributed by atoms with Crippen molar-refractivity contribution >= 4 is 37.5 Å². The molecule has 0 aromatic carbocycles. The van der Waals surface area contributed by atoms with Crippen LogP contribution in [0.4, 0.5) is 32.0 Å². The van der Waals surface area contributed by atoms with Gasteiger partial charge in [-0.05, 0) is 31.9 Å². The summed E-state index contributed by atoms with van der Waals surface area (Å²) >= 11 is 4.93. The van der Waals surface area contributed by atoms with Gasteiger partial charge in [0.05, 0.1) is 14.6 Å². The Kier molecular flexibility index (Phi) is 3.68. The van der Waals surface area contributed by atoms with E-state index in [0.29, 0.717) is 0 Å². The lowest BCUT2D eigenvalue weighted by Gasteiger charge is -2.16. The monoisotopic (exact) mass is 386 g/mol. The third-order valence-electron chi connectivity index (χ3n) is 1.65. The molecule has 0 atom stereocenters. The second-order valence-corrected chi connectivity index (χ2v) is 4.43. The van der Waals surface area contributed by atoms with E-state index in [9.17, 15) is 26.3 Å². The van der Waals surface area contributed by atoms with Gasteiger partial charge in [0.15, 0.2) is 11.4 Å². The molecule has 0 fully saturated rings. The average molecular weight is 388 g/mol. The molecular weight excluding hydrogens is 386 g/mol. The van der Waals surface area contributed by atoms with Gasteiger partial charge in [-0.15, -0.1) is 0 Å². The van der Waals surface area contributed by atoms with Crippen molar-refractivity contribution in [3.05, 3.63) is 20.3 Å². The van der Waals surface area contributed by atoms with Crippen molar-refractivity contribution in [1.82, 2.24) is 4.98 Å². The third kappa shape index (κ3) is 2.84. The van der Waals surface area contributed by atoms with Crippen LogP contribution in [-0.4, -0.2) is 4.98 Å². The zero-order valence-corrected chi connectivity index (χ0v) is 10.7. The fraction of sp³-hybridized carbons (Fsp3) is 0.286. The van der Waals surface area contributed by atoms with Gasteiger partial charge in [-0.25, -0.2) is 4.98 Å². The maximum absolute atomic E-state index is 12.4. The van der Waals surface area contributed by atoms with Crippen molar-refractivity contribution in [2.45, 2.75) is 12.4 Å². The second kappa shape index (κ2) is 4.30. The topological polar surface area (TPSA) is 38.9 Å². The van der Waals surface area contributed by atoms with E-state index in [4.69, 9.17) is 5.73 Å². The molecule has 0 bridgehead atoms. The summed E-state index contributed by atoms with van der Waals surface area (Å²) in [5.74, 6) is 0. The normalized spacial score (nSPS) is 12.9. The van der Waals surface area contributed by atoms with Crippen LogP contribution in [0.1, 0.15) is 11.4 Å². The van der Waals surface area contributed by atoms with Crippen LogP contribution in [0.5, 0.6) is 0 Å². The minimum atomic E-state index is -5.03. The predicted octanol–water partition coefficient (Wildman–Crippen LogP) is 4.23. The van der Waals surface area contributed by atoms with Crippen molar-refractivity contribution in [3.8, 4) is 0 Å². The highest BCUT2D eigenvalue weighted by molar-refractivity contribution is 9.11. The molecule has 2 nitrogen and oxygen atoms in total. The Hall–Kier alpha value is -0.510. The van der Waals surface area contributed by atoms with Crippen LogP contribution in [0.15, 0.2) is 8.95 Å². The zero-order valence-electron chi connectivity index (χ0n) is 7.55. The van der Waals surface area contributed by atoms with Crippen molar-refractivity contribution in [1.29, 1.82) is 0 Å². The van der Waals surface area contributed by atoms with Gasteiger partial charge in [0, 0.05) is 0 Å². The number of nitrogens with two attached hydrogens (primary N) is 1. The molecule has 1 heterocycles. The van der Waals surface area contributed by atoms with Gasteiger partial charge in [-0.3, -0.25) is 0 Å². The van der Waals surface area contributed by atoms with E-state index in [2.05, 4.69) is 36.8 Å². The second-order valence-electron chi connectivity index (χ2n) is 2.85. The van der Waals surface area contributed by atoms with Gasteiger partial charge in [0.2, 0.25) is 0 Å². The maximum atomic E-state index is 12.4.